The molecule has 0 aliphatic carbocycles. The summed E-state index contributed by atoms with van der Waals surface area (Å²) >= 11 is 5.87. The van der Waals surface area contributed by atoms with Crippen molar-refractivity contribution in [3.8, 4) is 0 Å². The van der Waals surface area contributed by atoms with Crippen LogP contribution in [0.5, 0.6) is 0 Å². The van der Waals surface area contributed by atoms with Gasteiger partial charge in [-0.15, -0.1) is 0 Å². The quantitative estimate of drug-likeness (QED) is 0.917. The van der Waals surface area contributed by atoms with E-state index in [0.717, 1.165) is 17.2 Å². The normalized spacial score (nSPS) is 10.4. The van der Waals surface area contributed by atoms with E-state index in [-0.39, 0.29) is 16.5 Å². The van der Waals surface area contributed by atoms with Crippen LogP contribution in [0.2, 0.25) is 5.02 Å². The van der Waals surface area contributed by atoms with E-state index in [0.29, 0.717) is 13.2 Å². The average Bonchev–Trinajstić information content (AvgIpc) is 2.46. The van der Waals surface area contributed by atoms with Crippen LogP contribution >= 0.6 is 11.6 Å². The first kappa shape index (κ1) is 15.5. The molecule has 110 valence electrons. The molecular weight excluding hydrogens is 293 g/mol. The predicted molar refractivity (Wildman–Crippen MR) is 79.7 cm³/mol. The third kappa shape index (κ3) is 4.03. The Hall–Kier alpha value is -1.91. The summed E-state index contributed by atoms with van der Waals surface area (Å²) in [4.78, 5) is 12.1. The molecule has 3 nitrogen and oxygen atoms in total. The van der Waals surface area contributed by atoms with E-state index in [1.54, 1.807) is 7.11 Å². The molecule has 1 N–H and O–H groups in total. The van der Waals surface area contributed by atoms with Crippen molar-refractivity contribution >= 4 is 17.5 Å². The molecule has 2 rings (SSSR count). The van der Waals surface area contributed by atoms with Crippen molar-refractivity contribution in [2.24, 2.45) is 0 Å². The number of hydrogen-bond donors (Lipinski definition) is 1. The van der Waals surface area contributed by atoms with Crippen molar-refractivity contribution in [3.63, 3.8) is 0 Å². The molecule has 0 aliphatic heterocycles. The molecule has 0 unspecified atom stereocenters. The van der Waals surface area contributed by atoms with Gasteiger partial charge in [-0.1, -0.05) is 35.9 Å². The number of carbonyl (C=O) groups is 1. The summed E-state index contributed by atoms with van der Waals surface area (Å²) in [5, 5.41) is 2.87. The molecular formula is C16H15ClFNO2. The number of halogens is 2. The summed E-state index contributed by atoms with van der Waals surface area (Å²) in [6.07, 6.45) is 0. The maximum atomic E-state index is 13.0. The van der Waals surface area contributed by atoms with Crippen LogP contribution in [-0.2, 0) is 17.9 Å². The van der Waals surface area contributed by atoms with Crippen LogP contribution in [0, 0.1) is 5.82 Å². The number of nitrogens with one attached hydrogen (secondary N) is 1. The second-order valence-corrected chi connectivity index (χ2v) is 4.92. The monoisotopic (exact) mass is 307 g/mol. The first-order valence-corrected chi connectivity index (χ1v) is 6.78. The van der Waals surface area contributed by atoms with Crippen molar-refractivity contribution in [2.45, 2.75) is 13.2 Å². The summed E-state index contributed by atoms with van der Waals surface area (Å²) in [5.74, 6) is -0.811. The Kier molecular flexibility index (Phi) is 5.31. The van der Waals surface area contributed by atoms with E-state index < -0.39 is 5.82 Å². The van der Waals surface area contributed by atoms with Crippen LogP contribution < -0.4 is 5.32 Å². The molecule has 21 heavy (non-hydrogen) atoms. The number of carbonyl (C=O) groups excluding carboxylic acids is 1. The molecule has 0 saturated carbocycles. The van der Waals surface area contributed by atoms with Crippen LogP contribution in [-0.4, -0.2) is 13.0 Å². The number of amides is 1. The molecule has 0 heterocycles. The number of benzene rings is 2. The minimum atomic E-state index is -0.470. The summed E-state index contributed by atoms with van der Waals surface area (Å²) in [7, 11) is 1.62. The van der Waals surface area contributed by atoms with Gasteiger partial charge in [0.2, 0.25) is 0 Å². The molecule has 5 heteroatoms. The molecule has 0 aliphatic rings. The molecule has 1 amide bonds. The van der Waals surface area contributed by atoms with Crippen LogP contribution in [0.3, 0.4) is 0 Å². The van der Waals surface area contributed by atoms with Gasteiger partial charge in [0.05, 0.1) is 17.2 Å². The van der Waals surface area contributed by atoms with E-state index in [1.807, 2.05) is 24.3 Å². The van der Waals surface area contributed by atoms with Gasteiger partial charge >= 0.3 is 0 Å². The van der Waals surface area contributed by atoms with Crippen molar-refractivity contribution in [1.29, 1.82) is 0 Å². The largest absolute Gasteiger partial charge is 0.380 e. The maximum absolute atomic E-state index is 13.0. The highest BCUT2D eigenvalue weighted by Crippen LogP contribution is 2.17. The van der Waals surface area contributed by atoms with Gasteiger partial charge in [-0.05, 0) is 29.3 Å². The van der Waals surface area contributed by atoms with Gasteiger partial charge < -0.3 is 10.1 Å². The van der Waals surface area contributed by atoms with Gasteiger partial charge in [0.25, 0.3) is 5.91 Å². The zero-order valence-electron chi connectivity index (χ0n) is 11.5. The summed E-state index contributed by atoms with van der Waals surface area (Å²) in [6, 6.07) is 11.4. The molecule has 2 aromatic carbocycles. The maximum Gasteiger partial charge on any atom is 0.253 e. The topological polar surface area (TPSA) is 38.3 Å². The molecule has 0 spiro atoms. The smallest absolute Gasteiger partial charge is 0.253 e. The van der Waals surface area contributed by atoms with Crippen molar-refractivity contribution < 1.29 is 13.9 Å². The van der Waals surface area contributed by atoms with Crippen LogP contribution in [0.15, 0.2) is 42.5 Å². The van der Waals surface area contributed by atoms with Gasteiger partial charge in [0.15, 0.2) is 0 Å². The molecule has 0 atom stereocenters. The van der Waals surface area contributed by atoms with E-state index in [9.17, 15) is 9.18 Å². The Bertz CT molecular complexity index is 646. The van der Waals surface area contributed by atoms with Crippen molar-refractivity contribution in [3.05, 3.63) is 70.0 Å². The Morgan fingerprint density at radius 3 is 2.62 bits per heavy atom. The van der Waals surface area contributed by atoms with Crippen molar-refractivity contribution in [1.82, 2.24) is 5.32 Å². The fourth-order valence-corrected chi connectivity index (χ4v) is 2.22. The Balaban J connectivity index is 2.07. The average molecular weight is 308 g/mol. The predicted octanol–water partition coefficient (Wildman–Crippen LogP) is 3.56. The summed E-state index contributed by atoms with van der Waals surface area (Å²) < 4.78 is 18.1. The lowest BCUT2D eigenvalue weighted by Crippen LogP contribution is -2.23. The Morgan fingerprint density at radius 2 is 1.95 bits per heavy atom. The third-order valence-electron chi connectivity index (χ3n) is 3.03. The molecule has 2 aromatic rings. The minimum Gasteiger partial charge on any atom is -0.380 e. The van der Waals surface area contributed by atoms with E-state index in [4.69, 9.17) is 16.3 Å². The summed E-state index contributed by atoms with van der Waals surface area (Å²) in [6.45, 7) is 0.829. The minimum absolute atomic E-state index is 0.0951. The lowest BCUT2D eigenvalue weighted by atomic mass is 10.1. The van der Waals surface area contributed by atoms with Crippen LogP contribution in [0.1, 0.15) is 21.5 Å². The van der Waals surface area contributed by atoms with E-state index in [1.165, 1.54) is 12.1 Å². The summed E-state index contributed by atoms with van der Waals surface area (Å²) in [5.41, 5.74) is 2.22. The molecule has 0 aromatic heterocycles. The highest BCUT2D eigenvalue weighted by molar-refractivity contribution is 6.33. The zero-order valence-corrected chi connectivity index (χ0v) is 12.3. The second-order valence-electron chi connectivity index (χ2n) is 4.51. The van der Waals surface area contributed by atoms with Gasteiger partial charge in [-0.25, -0.2) is 4.39 Å². The van der Waals surface area contributed by atoms with Crippen LogP contribution in [0.4, 0.5) is 4.39 Å². The van der Waals surface area contributed by atoms with Gasteiger partial charge in [0, 0.05) is 13.7 Å². The van der Waals surface area contributed by atoms with E-state index >= 15 is 0 Å². The van der Waals surface area contributed by atoms with Crippen molar-refractivity contribution in [2.75, 3.05) is 7.11 Å². The van der Waals surface area contributed by atoms with Gasteiger partial charge in [-0.2, -0.15) is 0 Å². The zero-order chi connectivity index (χ0) is 15.2. The molecule has 0 bridgehead atoms. The van der Waals surface area contributed by atoms with Gasteiger partial charge in [0.1, 0.15) is 5.82 Å². The lowest BCUT2D eigenvalue weighted by molar-refractivity contribution is 0.0950. The SMILES string of the molecule is COCc1ccccc1CNC(=O)c1ccc(F)cc1Cl. The first-order chi connectivity index (χ1) is 10.1. The standard InChI is InChI=1S/C16H15ClFNO2/c1-21-10-12-5-3-2-4-11(12)9-19-16(20)14-7-6-13(18)8-15(14)17/h2-8H,9-10H2,1H3,(H,19,20). The number of rotatable bonds is 5. The highest BCUT2D eigenvalue weighted by Gasteiger charge is 2.11. The number of hydrogen-bond acceptors (Lipinski definition) is 2. The number of ether oxygens (including phenoxy) is 1. The lowest BCUT2D eigenvalue weighted by Gasteiger charge is -2.10. The second kappa shape index (κ2) is 7.20. The highest BCUT2D eigenvalue weighted by atomic mass is 35.5. The van der Waals surface area contributed by atoms with Crippen LogP contribution in [0.25, 0.3) is 0 Å². The third-order valence-corrected chi connectivity index (χ3v) is 3.35. The first-order valence-electron chi connectivity index (χ1n) is 6.41. The van der Waals surface area contributed by atoms with E-state index in [2.05, 4.69) is 5.32 Å². The van der Waals surface area contributed by atoms with Gasteiger partial charge in [-0.3, -0.25) is 4.79 Å². The fraction of sp³-hybridized carbons (Fsp3) is 0.188. The molecule has 0 fully saturated rings. The number of methoxy groups -OCH3 is 1. The molecule has 0 saturated heterocycles. The Labute approximate surface area is 127 Å². The molecule has 0 radical (unpaired) electrons. The Morgan fingerprint density at radius 1 is 1.24 bits per heavy atom. The fourth-order valence-electron chi connectivity index (χ4n) is 1.97.